The average molecular weight is 176 g/mol. The van der Waals surface area contributed by atoms with E-state index in [0.29, 0.717) is 0 Å². The molecular formula is C7H10ClNS. The van der Waals surface area contributed by atoms with E-state index in [1.807, 2.05) is 11.3 Å². The van der Waals surface area contributed by atoms with Crippen LogP contribution in [0.3, 0.4) is 0 Å². The van der Waals surface area contributed by atoms with E-state index in [1.54, 1.807) is 4.88 Å². The fraction of sp³-hybridized carbons (Fsp3) is 0.429. The van der Waals surface area contributed by atoms with Gasteiger partial charge in [-0.15, -0.1) is 23.7 Å². The molecule has 56 valence electrons. The molecular weight excluding hydrogens is 166 g/mol. The Morgan fingerprint density at radius 3 is 3.20 bits per heavy atom. The molecule has 0 amide bonds. The Morgan fingerprint density at radius 1 is 1.50 bits per heavy atom. The van der Waals surface area contributed by atoms with Gasteiger partial charge in [0, 0.05) is 18.0 Å². The molecule has 1 nitrogen and oxygen atoms in total. The Kier molecular flexibility index (Phi) is 2.72. The largest absolute Gasteiger partial charge is 0.312 e. The van der Waals surface area contributed by atoms with E-state index in [2.05, 4.69) is 16.8 Å². The van der Waals surface area contributed by atoms with Crippen LogP contribution in [0.1, 0.15) is 10.4 Å². The molecule has 0 saturated heterocycles. The summed E-state index contributed by atoms with van der Waals surface area (Å²) in [7, 11) is 0. The van der Waals surface area contributed by atoms with Crippen molar-refractivity contribution in [3.05, 3.63) is 21.9 Å². The summed E-state index contributed by atoms with van der Waals surface area (Å²) in [5.41, 5.74) is 1.51. The van der Waals surface area contributed by atoms with Crippen LogP contribution in [0.15, 0.2) is 11.4 Å². The van der Waals surface area contributed by atoms with Crippen LogP contribution >= 0.6 is 23.7 Å². The molecule has 1 aliphatic rings. The highest BCUT2D eigenvalue weighted by Gasteiger charge is 2.07. The molecule has 0 saturated carbocycles. The summed E-state index contributed by atoms with van der Waals surface area (Å²) in [4.78, 5) is 1.58. The lowest BCUT2D eigenvalue weighted by atomic mass is 10.1. The SMILES string of the molecule is Cl.c1cc2c(s1)CCNC2. The predicted octanol–water partition coefficient (Wildman–Crippen LogP) is 1.82. The smallest absolute Gasteiger partial charge is 0.0216 e. The van der Waals surface area contributed by atoms with Gasteiger partial charge in [-0.2, -0.15) is 0 Å². The number of thiophene rings is 1. The van der Waals surface area contributed by atoms with Crippen LogP contribution in [0.25, 0.3) is 0 Å². The predicted molar refractivity (Wildman–Crippen MR) is 47.0 cm³/mol. The normalized spacial score (nSPS) is 15.6. The van der Waals surface area contributed by atoms with Gasteiger partial charge in [0.05, 0.1) is 0 Å². The maximum atomic E-state index is 3.33. The summed E-state index contributed by atoms with van der Waals surface area (Å²) < 4.78 is 0. The number of halogens is 1. The Labute approximate surface area is 70.9 Å². The molecule has 1 aliphatic heterocycles. The second kappa shape index (κ2) is 3.37. The van der Waals surface area contributed by atoms with Crippen molar-refractivity contribution in [2.24, 2.45) is 0 Å². The highest BCUT2D eigenvalue weighted by molar-refractivity contribution is 7.10. The summed E-state index contributed by atoms with van der Waals surface area (Å²) in [6.45, 7) is 2.24. The molecule has 1 aromatic heterocycles. The van der Waals surface area contributed by atoms with Crippen LogP contribution in [-0.2, 0) is 13.0 Å². The lowest BCUT2D eigenvalue weighted by molar-refractivity contribution is 0.653. The van der Waals surface area contributed by atoms with Gasteiger partial charge in [-0.05, 0) is 23.4 Å². The molecule has 0 atom stereocenters. The Balaban J connectivity index is 0.000000500. The molecule has 1 aromatic rings. The average Bonchev–Trinajstić information content (AvgIpc) is 2.33. The molecule has 2 heterocycles. The van der Waals surface area contributed by atoms with Crippen LogP contribution in [0, 0.1) is 0 Å². The fourth-order valence-corrected chi connectivity index (χ4v) is 2.08. The third kappa shape index (κ3) is 1.34. The van der Waals surface area contributed by atoms with E-state index in [0.717, 1.165) is 13.1 Å². The van der Waals surface area contributed by atoms with E-state index in [4.69, 9.17) is 0 Å². The Hall–Kier alpha value is -0.0500. The Morgan fingerprint density at radius 2 is 2.40 bits per heavy atom. The molecule has 10 heavy (non-hydrogen) atoms. The molecule has 3 heteroatoms. The minimum absolute atomic E-state index is 0. The quantitative estimate of drug-likeness (QED) is 0.635. The van der Waals surface area contributed by atoms with Gasteiger partial charge in [-0.25, -0.2) is 0 Å². The molecule has 0 bridgehead atoms. The van der Waals surface area contributed by atoms with E-state index in [-0.39, 0.29) is 12.4 Å². The number of hydrogen-bond acceptors (Lipinski definition) is 2. The fourth-order valence-electron chi connectivity index (χ4n) is 1.17. The lowest BCUT2D eigenvalue weighted by Gasteiger charge is -2.10. The van der Waals surface area contributed by atoms with Crippen LogP contribution < -0.4 is 5.32 Å². The first-order valence-electron chi connectivity index (χ1n) is 3.23. The van der Waals surface area contributed by atoms with Gasteiger partial charge in [-0.1, -0.05) is 0 Å². The van der Waals surface area contributed by atoms with Crippen molar-refractivity contribution in [2.75, 3.05) is 6.54 Å². The van der Waals surface area contributed by atoms with E-state index in [1.165, 1.54) is 12.0 Å². The third-order valence-corrected chi connectivity index (χ3v) is 2.70. The number of nitrogens with one attached hydrogen (secondary N) is 1. The molecule has 0 fully saturated rings. The minimum Gasteiger partial charge on any atom is -0.312 e. The molecule has 0 radical (unpaired) electrons. The zero-order valence-corrected chi connectivity index (χ0v) is 7.23. The van der Waals surface area contributed by atoms with Crippen LogP contribution in [0.2, 0.25) is 0 Å². The van der Waals surface area contributed by atoms with Crippen LogP contribution in [0.5, 0.6) is 0 Å². The van der Waals surface area contributed by atoms with E-state index in [9.17, 15) is 0 Å². The first kappa shape index (κ1) is 8.05. The molecule has 0 spiro atoms. The monoisotopic (exact) mass is 175 g/mol. The number of fused-ring (bicyclic) bond motifs is 1. The zero-order chi connectivity index (χ0) is 6.10. The van der Waals surface area contributed by atoms with Gasteiger partial charge in [0.1, 0.15) is 0 Å². The highest BCUT2D eigenvalue weighted by Crippen LogP contribution is 2.19. The summed E-state index contributed by atoms with van der Waals surface area (Å²) in [6, 6.07) is 2.21. The molecule has 2 rings (SSSR count). The Bertz CT molecular complexity index is 189. The molecule has 1 N–H and O–H groups in total. The first-order chi connectivity index (χ1) is 4.47. The van der Waals surface area contributed by atoms with Crippen molar-refractivity contribution >= 4 is 23.7 Å². The molecule has 0 aromatic carbocycles. The first-order valence-corrected chi connectivity index (χ1v) is 4.11. The second-order valence-electron chi connectivity index (χ2n) is 2.30. The summed E-state index contributed by atoms with van der Waals surface area (Å²) in [5, 5.41) is 5.51. The van der Waals surface area contributed by atoms with Crippen molar-refractivity contribution in [3.8, 4) is 0 Å². The second-order valence-corrected chi connectivity index (χ2v) is 3.30. The lowest BCUT2D eigenvalue weighted by Crippen LogP contribution is -2.21. The van der Waals surface area contributed by atoms with Crippen molar-refractivity contribution < 1.29 is 0 Å². The van der Waals surface area contributed by atoms with E-state index >= 15 is 0 Å². The van der Waals surface area contributed by atoms with E-state index < -0.39 is 0 Å². The van der Waals surface area contributed by atoms with Crippen LogP contribution in [0.4, 0.5) is 0 Å². The van der Waals surface area contributed by atoms with Crippen molar-refractivity contribution in [2.45, 2.75) is 13.0 Å². The molecule has 0 aliphatic carbocycles. The maximum Gasteiger partial charge on any atom is 0.0216 e. The number of rotatable bonds is 0. The minimum atomic E-state index is 0. The maximum absolute atomic E-state index is 3.33. The van der Waals surface area contributed by atoms with Crippen LogP contribution in [-0.4, -0.2) is 6.54 Å². The van der Waals surface area contributed by atoms with Gasteiger partial charge < -0.3 is 5.32 Å². The van der Waals surface area contributed by atoms with Gasteiger partial charge in [0.15, 0.2) is 0 Å². The van der Waals surface area contributed by atoms with Crippen molar-refractivity contribution in [3.63, 3.8) is 0 Å². The highest BCUT2D eigenvalue weighted by atomic mass is 35.5. The van der Waals surface area contributed by atoms with Crippen molar-refractivity contribution in [1.82, 2.24) is 5.32 Å². The van der Waals surface area contributed by atoms with Gasteiger partial charge in [0.2, 0.25) is 0 Å². The molecule has 0 unspecified atom stereocenters. The topological polar surface area (TPSA) is 12.0 Å². The van der Waals surface area contributed by atoms with Gasteiger partial charge >= 0.3 is 0 Å². The summed E-state index contributed by atoms with van der Waals surface area (Å²) in [5.74, 6) is 0. The van der Waals surface area contributed by atoms with Gasteiger partial charge in [-0.3, -0.25) is 0 Å². The standard InChI is InChI=1S/C7H9NS.ClH/c1-3-8-5-6-2-4-9-7(1)6;/h2,4,8H,1,3,5H2;1H. The zero-order valence-electron chi connectivity index (χ0n) is 5.59. The summed E-state index contributed by atoms with van der Waals surface area (Å²) in [6.07, 6.45) is 1.23. The number of hydrogen-bond donors (Lipinski definition) is 1. The van der Waals surface area contributed by atoms with Crippen molar-refractivity contribution in [1.29, 1.82) is 0 Å². The third-order valence-electron chi connectivity index (χ3n) is 1.68. The summed E-state index contributed by atoms with van der Waals surface area (Å²) >= 11 is 1.89. The van der Waals surface area contributed by atoms with Gasteiger partial charge in [0.25, 0.3) is 0 Å².